The normalized spacial score (nSPS) is 18.1. The Bertz CT molecular complexity index is 796. The zero-order chi connectivity index (χ0) is 19.3. The van der Waals surface area contributed by atoms with E-state index < -0.39 is 0 Å². The number of amides is 1. The number of piperazine rings is 1. The summed E-state index contributed by atoms with van der Waals surface area (Å²) in [7, 11) is 0. The van der Waals surface area contributed by atoms with Crippen LogP contribution in [0.5, 0.6) is 0 Å². The quantitative estimate of drug-likeness (QED) is 0.815. The molecule has 28 heavy (non-hydrogen) atoms. The molecule has 0 aromatic carbocycles. The van der Waals surface area contributed by atoms with E-state index in [1.807, 2.05) is 36.1 Å². The van der Waals surface area contributed by atoms with Crippen LogP contribution < -0.4 is 9.80 Å². The Labute approximate surface area is 166 Å². The summed E-state index contributed by atoms with van der Waals surface area (Å²) >= 11 is 0. The largest absolute Gasteiger partial charge is 0.353 e. The monoisotopic (exact) mass is 380 g/mol. The zero-order valence-electron chi connectivity index (χ0n) is 16.5. The van der Waals surface area contributed by atoms with Gasteiger partial charge in [0.05, 0.1) is 0 Å². The summed E-state index contributed by atoms with van der Waals surface area (Å²) in [5.41, 5.74) is 1.36. The van der Waals surface area contributed by atoms with Crippen molar-refractivity contribution in [2.45, 2.75) is 32.6 Å². The third kappa shape index (κ3) is 4.24. The Morgan fingerprint density at radius 3 is 2.32 bits per heavy atom. The molecule has 2 aliphatic rings. The van der Waals surface area contributed by atoms with Crippen LogP contribution in [0, 0.1) is 6.92 Å². The fraction of sp³-hybridized carbons (Fsp3) is 0.524. The van der Waals surface area contributed by atoms with Crippen LogP contribution >= 0.6 is 0 Å². The van der Waals surface area contributed by atoms with Crippen LogP contribution in [-0.2, 0) is 0 Å². The summed E-state index contributed by atoms with van der Waals surface area (Å²) in [5, 5.41) is 0. The van der Waals surface area contributed by atoms with Gasteiger partial charge in [-0.3, -0.25) is 4.79 Å². The molecule has 0 N–H and O–H groups in total. The number of hydrogen-bond donors (Lipinski definition) is 0. The van der Waals surface area contributed by atoms with Gasteiger partial charge in [0.2, 0.25) is 5.95 Å². The average molecular weight is 380 g/mol. The maximum absolute atomic E-state index is 13.1. The predicted molar refractivity (Wildman–Crippen MR) is 110 cm³/mol. The van der Waals surface area contributed by atoms with Crippen molar-refractivity contribution in [1.29, 1.82) is 0 Å². The van der Waals surface area contributed by atoms with Crippen LogP contribution in [0.15, 0.2) is 30.5 Å². The standard InChI is InChI=1S/C21H28N6O/c1-17-16-18(24-21(23-17)27-10-6-2-3-7-11-27)20(28)26-14-12-25(13-15-26)19-8-4-5-9-22-19/h4-5,8-9,16H,2-3,6-7,10-15H2,1H3. The second-order valence-electron chi connectivity index (χ2n) is 7.56. The van der Waals surface area contributed by atoms with Crippen LogP contribution in [0.2, 0.25) is 0 Å². The van der Waals surface area contributed by atoms with E-state index >= 15 is 0 Å². The lowest BCUT2D eigenvalue weighted by atomic mass is 10.2. The maximum Gasteiger partial charge on any atom is 0.272 e. The summed E-state index contributed by atoms with van der Waals surface area (Å²) < 4.78 is 0. The van der Waals surface area contributed by atoms with Gasteiger partial charge < -0.3 is 14.7 Å². The molecule has 2 fully saturated rings. The molecule has 4 rings (SSSR count). The zero-order valence-corrected chi connectivity index (χ0v) is 16.5. The first kappa shape index (κ1) is 18.7. The lowest BCUT2D eigenvalue weighted by Crippen LogP contribution is -2.49. The van der Waals surface area contributed by atoms with E-state index in [-0.39, 0.29) is 5.91 Å². The number of rotatable bonds is 3. The van der Waals surface area contributed by atoms with Gasteiger partial charge in [0.1, 0.15) is 11.5 Å². The Morgan fingerprint density at radius 2 is 1.64 bits per heavy atom. The molecule has 0 radical (unpaired) electrons. The number of nitrogens with zero attached hydrogens (tertiary/aromatic N) is 6. The van der Waals surface area contributed by atoms with E-state index in [4.69, 9.17) is 0 Å². The first-order valence-corrected chi connectivity index (χ1v) is 10.3. The van der Waals surface area contributed by atoms with E-state index in [9.17, 15) is 4.79 Å². The lowest BCUT2D eigenvalue weighted by Gasteiger charge is -2.35. The van der Waals surface area contributed by atoms with Crippen molar-refractivity contribution in [3.8, 4) is 0 Å². The van der Waals surface area contributed by atoms with Gasteiger partial charge in [-0.25, -0.2) is 15.0 Å². The van der Waals surface area contributed by atoms with E-state index in [1.54, 1.807) is 6.20 Å². The first-order chi connectivity index (χ1) is 13.7. The van der Waals surface area contributed by atoms with Crippen molar-refractivity contribution >= 4 is 17.7 Å². The molecule has 2 aromatic rings. The Kier molecular flexibility index (Phi) is 5.69. The molecular weight excluding hydrogens is 352 g/mol. The molecule has 0 bridgehead atoms. The van der Waals surface area contributed by atoms with Crippen LogP contribution in [-0.4, -0.2) is 65.0 Å². The van der Waals surface area contributed by atoms with Gasteiger partial charge in [-0.05, 0) is 38.0 Å². The average Bonchev–Trinajstić information content (AvgIpc) is 3.03. The molecule has 0 saturated carbocycles. The Hall–Kier alpha value is -2.70. The minimum Gasteiger partial charge on any atom is -0.353 e. The van der Waals surface area contributed by atoms with Gasteiger partial charge in [-0.2, -0.15) is 0 Å². The third-order valence-corrected chi connectivity index (χ3v) is 5.49. The van der Waals surface area contributed by atoms with Crippen molar-refractivity contribution in [2.24, 2.45) is 0 Å². The molecule has 2 aromatic heterocycles. The molecule has 2 aliphatic heterocycles. The summed E-state index contributed by atoms with van der Waals surface area (Å²) in [4.78, 5) is 33.1. The van der Waals surface area contributed by atoms with Gasteiger partial charge in [-0.15, -0.1) is 0 Å². The highest BCUT2D eigenvalue weighted by atomic mass is 16.2. The fourth-order valence-corrected chi connectivity index (χ4v) is 3.92. The summed E-state index contributed by atoms with van der Waals surface area (Å²) in [5.74, 6) is 1.68. The minimum atomic E-state index is 0.00208. The first-order valence-electron chi connectivity index (χ1n) is 10.3. The molecule has 0 unspecified atom stereocenters. The molecule has 1 amide bonds. The molecule has 0 aliphatic carbocycles. The minimum absolute atomic E-state index is 0.00208. The van der Waals surface area contributed by atoms with Gasteiger partial charge in [-0.1, -0.05) is 18.9 Å². The number of pyridine rings is 1. The Morgan fingerprint density at radius 1 is 0.893 bits per heavy atom. The highest BCUT2D eigenvalue weighted by Crippen LogP contribution is 2.18. The maximum atomic E-state index is 13.1. The number of carbonyl (C=O) groups is 1. The second kappa shape index (κ2) is 8.54. The molecule has 7 nitrogen and oxygen atoms in total. The topological polar surface area (TPSA) is 65.5 Å². The van der Waals surface area contributed by atoms with Crippen molar-refractivity contribution in [3.05, 3.63) is 41.9 Å². The highest BCUT2D eigenvalue weighted by molar-refractivity contribution is 5.92. The van der Waals surface area contributed by atoms with Crippen LogP contribution in [0.4, 0.5) is 11.8 Å². The Balaban J connectivity index is 1.45. The molecule has 0 spiro atoms. The lowest BCUT2D eigenvalue weighted by molar-refractivity contribution is 0.0740. The van der Waals surface area contributed by atoms with E-state index in [2.05, 4.69) is 24.8 Å². The highest BCUT2D eigenvalue weighted by Gasteiger charge is 2.25. The summed E-state index contributed by atoms with van der Waals surface area (Å²) in [6.07, 6.45) is 6.65. The van der Waals surface area contributed by atoms with Gasteiger partial charge in [0, 0.05) is 51.2 Å². The second-order valence-corrected chi connectivity index (χ2v) is 7.56. The summed E-state index contributed by atoms with van der Waals surface area (Å²) in [6, 6.07) is 7.74. The van der Waals surface area contributed by atoms with Crippen LogP contribution in [0.25, 0.3) is 0 Å². The molecule has 0 atom stereocenters. The van der Waals surface area contributed by atoms with Crippen molar-refractivity contribution < 1.29 is 4.79 Å². The van der Waals surface area contributed by atoms with Gasteiger partial charge >= 0.3 is 0 Å². The van der Waals surface area contributed by atoms with Crippen LogP contribution in [0.3, 0.4) is 0 Å². The van der Waals surface area contributed by atoms with Gasteiger partial charge in [0.15, 0.2) is 0 Å². The number of hydrogen-bond acceptors (Lipinski definition) is 6. The molecular formula is C21H28N6O. The molecule has 4 heterocycles. The number of carbonyl (C=O) groups excluding carboxylic acids is 1. The molecule has 2 saturated heterocycles. The van der Waals surface area contributed by atoms with E-state index in [1.165, 1.54) is 12.8 Å². The number of aromatic nitrogens is 3. The van der Waals surface area contributed by atoms with Crippen molar-refractivity contribution in [1.82, 2.24) is 19.9 Å². The van der Waals surface area contributed by atoms with E-state index in [0.717, 1.165) is 50.5 Å². The SMILES string of the molecule is Cc1cc(C(=O)N2CCN(c3ccccn3)CC2)nc(N2CCCCCC2)n1. The third-order valence-electron chi connectivity index (χ3n) is 5.49. The van der Waals surface area contributed by atoms with Crippen molar-refractivity contribution in [2.75, 3.05) is 49.1 Å². The summed E-state index contributed by atoms with van der Waals surface area (Å²) in [6.45, 7) is 6.81. The molecule has 7 heteroatoms. The smallest absolute Gasteiger partial charge is 0.272 e. The molecule has 148 valence electrons. The van der Waals surface area contributed by atoms with Crippen LogP contribution in [0.1, 0.15) is 41.9 Å². The predicted octanol–water partition coefficient (Wildman–Crippen LogP) is 2.52. The number of aryl methyl sites for hydroxylation is 1. The fourth-order valence-electron chi connectivity index (χ4n) is 3.92. The number of anilines is 2. The van der Waals surface area contributed by atoms with Crippen molar-refractivity contribution in [3.63, 3.8) is 0 Å². The van der Waals surface area contributed by atoms with E-state index in [0.29, 0.717) is 24.7 Å². The van der Waals surface area contributed by atoms with Gasteiger partial charge in [0.25, 0.3) is 5.91 Å².